The summed E-state index contributed by atoms with van der Waals surface area (Å²) in [5.41, 5.74) is 1.05. The summed E-state index contributed by atoms with van der Waals surface area (Å²) in [5.74, 6) is 0.293. The third kappa shape index (κ3) is 4.59. The fraction of sp³-hybridized carbons (Fsp3) is 0.529. The van der Waals surface area contributed by atoms with E-state index >= 15 is 0 Å². The van der Waals surface area contributed by atoms with Crippen LogP contribution < -0.4 is 5.32 Å². The summed E-state index contributed by atoms with van der Waals surface area (Å²) < 4.78 is 0. The van der Waals surface area contributed by atoms with E-state index in [2.05, 4.69) is 5.32 Å². The number of likely N-dealkylation sites (tertiary alicyclic amines) is 1. The maximum Gasteiger partial charge on any atom is 0.226 e. The summed E-state index contributed by atoms with van der Waals surface area (Å²) >= 11 is 0. The van der Waals surface area contributed by atoms with E-state index in [0.717, 1.165) is 31.5 Å². The van der Waals surface area contributed by atoms with Gasteiger partial charge in [-0.1, -0.05) is 44.2 Å². The molecule has 4 heteroatoms. The average molecular weight is 288 g/mol. The molecule has 0 atom stereocenters. The maximum atomic E-state index is 12.2. The number of carbonyl (C=O) groups is 2. The maximum absolute atomic E-state index is 12.2. The molecule has 2 amide bonds. The zero-order chi connectivity index (χ0) is 15.2. The van der Waals surface area contributed by atoms with Gasteiger partial charge in [-0.05, 0) is 18.4 Å². The van der Waals surface area contributed by atoms with E-state index in [1.54, 1.807) is 0 Å². The van der Waals surface area contributed by atoms with Crippen LogP contribution in [0.4, 0.5) is 0 Å². The first-order valence-electron chi connectivity index (χ1n) is 7.68. The van der Waals surface area contributed by atoms with E-state index in [4.69, 9.17) is 0 Å². The number of rotatable bonds is 4. The number of nitrogens with zero attached hydrogens (tertiary/aromatic N) is 1. The lowest BCUT2D eigenvalue weighted by Crippen LogP contribution is -2.47. The highest BCUT2D eigenvalue weighted by Crippen LogP contribution is 2.13. The van der Waals surface area contributed by atoms with Crippen LogP contribution in [0, 0.1) is 5.92 Å². The Balaban J connectivity index is 1.78. The molecule has 0 bridgehead atoms. The fourth-order valence-electron chi connectivity index (χ4n) is 2.52. The Morgan fingerprint density at radius 2 is 1.81 bits per heavy atom. The highest BCUT2D eigenvalue weighted by atomic mass is 16.2. The van der Waals surface area contributed by atoms with Gasteiger partial charge in [-0.15, -0.1) is 0 Å². The van der Waals surface area contributed by atoms with E-state index in [1.165, 1.54) is 0 Å². The van der Waals surface area contributed by atoms with Gasteiger partial charge >= 0.3 is 0 Å². The molecule has 0 spiro atoms. The zero-order valence-corrected chi connectivity index (χ0v) is 12.8. The highest BCUT2D eigenvalue weighted by Gasteiger charge is 2.24. The number of nitrogens with one attached hydrogen (secondary N) is 1. The molecule has 0 aliphatic carbocycles. The third-order valence-corrected chi connectivity index (χ3v) is 3.92. The number of amides is 2. The molecular formula is C17H24N2O2. The Hall–Kier alpha value is -1.84. The molecule has 1 saturated heterocycles. The van der Waals surface area contributed by atoms with E-state index in [9.17, 15) is 9.59 Å². The molecule has 0 saturated carbocycles. The number of benzene rings is 1. The smallest absolute Gasteiger partial charge is 0.226 e. The molecule has 2 rings (SSSR count). The highest BCUT2D eigenvalue weighted by molar-refractivity contribution is 5.79. The lowest BCUT2D eigenvalue weighted by atomic mass is 10.0. The van der Waals surface area contributed by atoms with Gasteiger partial charge in [-0.3, -0.25) is 9.59 Å². The van der Waals surface area contributed by atoms with Crippen molar-refractivity contribution in [2.45, 2.75) is 39.2 Å². The molecule has 1 fully saturated rings. The largest absolute Gasteiger partial charge is 0.353 e. The first-order valence-corrected chi connectivity index (χ1v) is 7.68. The molecule has 1 aliphatic heterocycles. The number of carbonyl (C=O) groups excluding carboxylic acids is 2. The quantitative estimate of drug-likeness (QED) is 0.921. The molecule has 114 valence electrons. The molecule has 0 radical (unpaired) electrons. The van der Waals surface area contributed by atoms with Crippen molar-refractivity contribution in [3.63, 3.8) is 0 Å². The van der Waals surface area contributed by atoms with Crippen LogP contribution in [0.15, 0.2) is 30.3 Å². The normalized spacial score (nSPS) is 16.0. The SMILES string of the molecule is CC(C)C(=O)NC1CCN(C(=O)Cc2ccccc2)CC1. The van der Waals surface area contributed by atoms with Crippen molar-refractivity contribution >= 4 is 11.8 Å². The number of hydrogen-bond acceptors (Lipinski definition) is 2. The molecule has 1 aromatic carbocycles. The number of piperidine rings is 1. The first-order chi connectivity index (χ1) is 10.1. The average Bonchev–Trinajstić information content (AvgIpc) is 2.48. The first kappa shape index (κ1) is 15.5. The minimum Gasteiger partial charge on any atom is -0.353 e. The Kier molecular flexibility index (Phi) is 5.37. The lowest BCUT2D eigenvalue weighted by Gasteiger charge is -2.32. The van der Waals surface area contributed by atoms with E-state index in [0.29, 0.717) is 6.42 Å². The van der Waals surface area contributed by atoms with Gasteiger partial charge in [0.15, 0.2) is 0 Å². The Bertz CT molecular complexity index is 477. The van der Waals surface area contributed by atoms with Crippen LogP contribution in [-0.4, -0.2) is 35.8 Å². The zero-order valence-electron chi connectivity index (χ0n) is 12.8. The standard InChI is InChI=1S/C17H24N2O2/c1-13(2)17(21)18-15-8-10-19(11-9-15)16(20)12-14-6-4-3-5-7-14/h3-7,13,15H,8-12H2,1-2H3,(H,18,21). The molecule has 1 aliphatic rings. The topological polar surface area (TPSA) is 49.4 Å². The molecule has 0 aromatic heterocycles. The van der Waals surface area contributed by atoms with Gasteiger partial charge in [-0.25, -0.2) is 0 Å². The minimum atomic E-state index is 0.0164. The van der Waals surface area contributed by atoms with E-state index < -0.39 is 0 Å². The molecule has 1 aromatic rings. The van der Waals surface area contributed by atoms with Gasteiger partial charge in [0.1, 0.15) is 0 Å². The van der Waals surface area contributed by atoms with E-state index in [-0.39, 0.29) is 23.8 Å². The van der Waals surface area contributed by atoms with Gasteiger partial charge in [-0.2, -0.15) is 0 Å². The molecule has 1 heterocycles. The second-order valence-electron chi connectivity index (χ2n) is 5.98. The van der Waals surface area contributed by atoms with Crippen LogP contribution in [0.1, 0.15) is 32.3 Å². The lowest BCUT2D eigenvalue weighted by molar-refractivity contribution is -0.131. The molecule has 0 unspecified atom stereocenters. The second-order valence-corrected chi connectivity index (χ2v) is 5.98. The predicted octanol–water partition coefficient (Wildman–Crippen LogP) is 1.99. The van der Waals surface area contributed by atoms with Crippen LogP contribution in [-0.2, 0) is 16.0 Å². The van der Waals surface area contributed by atoms with Crippen molar-refractivity contribution in [3.8, 4) is 0 Å². The molecule has 21 heavy (non-hydrogen) atoms. The van der Waals surface area contributed by atoms with Crippen molar-refractivity contribution in [2.24, 2.45) is 5.92 Å². The molecule has 4 nitrogen and oxygen atoms in total. The van der Waals surface area contributed by atoms with Crippen LogP contribution in [0.3, 0.4) is 0 Å². The van der Waals surface area contributed by atoms with Gasteiger partial charge < -0.3 is 10.2 Å². The van der Waals surface area contributed by atoms with Crippen molar-refractivity contribution in [1.29, 1.82) is 0 Å². The monoisotopic (exact) mass is 288 g/mol. The van der Waals surface area contributed by atoms with Gasteiger partial charge in [0.25, 0.3) is 0 Å². The molecular weight excluding hydrogens is 264 g/mol. The summed E-state index contributed by atoms with van der Waals surface area (Å²) in [4.78, 5) is 25.8. The van der Waals surface area contributed by atoms with Crippen LogP contribution in [0.5, 0.6) is 0 Å². The third-order valence-electron chi connectivity index (χ3n) is 3.92. The van der Waals surface area contributed by atoms with E-state index in [1.807, 2.05) is 49.1 Å². The summed E-state index contributed by atoms with van der Waals surface area (Å²) in [6, 6.07) is 10.0. The van der Waals surface area contributed by atoms with Crippen molar-refractivity contribution in [1.82, 2.24) is 10.2 Å². The van der Waals surface area contributed by atoms with Crippen molar-refractivity contribution < 1.29 is 9.59 Å². The van der Waals surface area contributed by atoms with Crippen LogP contribution in [0.2, 0.25) is 0 Å². The summed E-state index contributed by atoms with van der Waals surface area (Å²) in [6.45, 7) is 5.26. The van der Waals surface area contributed by atoms with Crippen molar-refractivity contribution in [2.75, 3.05) is 13.1 Å². The number of hydrogen-bond donors (Lipinski definition) is 1. The summed E-state index contributed by atoms with van der Waals surface area (Å²) in [7, 11) is 0. The van der Waals surface area contributed by atoms with Crippen molar-refractivity contribution in [3.05, 3.63) is 35.9 Å². The second kappa shape index (κ2) is 7.25. The Morgan fingerprint density at radius 3 is 2.38 bits per heavy atom. The Labute approximate surface area is 126 Å². The summed E-state index contributed by atoms with van der Waals surface area (Å²) in [5, 5.41) is 3.05. The molecule has 1 N–H and O–H groups in total. The van der Waals surface area contributed by atoms with Gasteiger partial charge in [0.05, 0.1) is 6.42 Å². The minimum absolute atomic E-state index is 0.0164. The van der Waals surface area contributed by atoms with Crippen LogP contribution in [0.25, 0.3) is 0 Å². The fourth-order valence-corrected chi connectivity index (χ4v) is 2.52. The predicted molar refractivity (Wildman–Crippen MR) is 82.7 cm³/mol. The van der Waals surface area contributed by atoms with Crippen LogP contribution >= 0.6 is 0 Å². The summed E-state index contributed by atoms with van der Waals surface area (Å²) in [6.07, 6.45) is 2.15. The Morgan fingerprint density at radius 1 is 1.19 bits per heavy atom. The van der Waals surface area contributed by atoms with Gasteiger partial charge in [0.2, 0.25) is 11.8 Å². The van der Waals surface area contributed by atoms with Gasteiger partial charge in [0, 0.05) is 25.0 Å².